The minimum absolute atomic E-state index is 0.296. The molecule has 1 saturated carbocycles. The molecular weight excluding hydrogens is 495 g/mol. The lowest BCUT2D eigenvalue weighted by atomic mass is 9.90. The maximum absolute atomic E-state index is 6.42. The predicted molar refractivity (Wildman–Crippen MR) is 154 cm³/mol. The van der Waals surface area contributed by atoms with Gasteiger partial charge in [0.2, 0.25) is 0 Å². The number of aliphatic imine (C=N–C) groups is 1. The van der Waals surface area contributed by atoms with E-state index in [0.29, 0.717) is 10.5 Å². The highest BCUT2D eigenvalue weighted by molar-refractivity contribution is 8.85. The number of benzene rings is 3. The molecule has 1 aliphatic rings. The van der Waals surface area contributed by atoms with Crippen molar-refractivity contribution in [2.75, 3.05) is 6.61 Å². The fraction of sp³-hybridized carbons (Fsp3) is 0.321. The van der Waals surface area contributed by atoms with Crippen molar-refractivity contribution < 1.29 is 4.74 Å². The van der Waals surface area contributed by atoms with Crippen LogP contribution in [0.1, 0.15) is 38.5 Å². The fourth-order valence-corrected chi connectivity index (χ4v) is 9.52. The van der Waals surface area contributed by atoms with Gasteiger partial charge in [0.25, 0.3) is 0 Å². The summed E-state index contributed by atoms with van der Waals surface area (Å²) in [6, 6.07) is 31.4. The molecule has 0 radical (unpaired) electrons. The zero-order chi connectivity index (χ0) is 23.3. The maximum Gasteiger partial charge on any atom is 0.190 e. The van der Waals surface area contributed by atoms with Crippen LogP contribution in [0.2, 0.25) is 0 Å². The molecule has 0 amide bonds. The molecule has 0 aromatic heterocycles. The zero-order valence-corrected chi connectivity index (χ0v) is 22.5. The molecule has 1 aliphatic carbocycles. The molecule has 178 valence electrons. The van der Waals surface area contributed by atoms with Crippen LogP contribution in [0, 0.1) is 5.92 Å². The minimum Gasteiger partial charge on any atom is -0.480 e. The van der Waals surface area contributed by atoms with Crippen LogP contribution < -0.4 is 0 Å². The van der Waals surface area contributed by atoms with Crippen molar-refractivity contribution in [3.05, 3.63) is 91.0 Å². The van der Waals surface area contributed by atoms with Gasteiger partial charge in [-0.25, -0.2) is 4.99 Å². The van der Waals surface area contributed by atoms with E-state index in [1.165, 1.54) is 41.9 Å². The lowest BCUT2D eigenvalue weighted by Crippen LogP contribution is -2.18. The van der Waals surface area contributed by atoms with E-state index in [1.54, 1.807) is 0 Å². The van der Waals surface area contributed by atoms with Crippen molar-refractivity contribution in [2.45, 2.75) is 52.9 Å². The van der Waals surface area contributed by atoms with E-state index in [4.69, 9.17) is 9.73 Å². The summed E-state index contributed by atoms with van der Waals surface area (Å²) in [5.41, 5.74) is 0.960. The smallest absolute Gasteiger partial charge is 0.190 e. The van der Waals surface area contributed by atoms with Crippen molar-refractivity contribution >= 4 is 54.8 Å². The summed E-state index contributed by atoms with van der Waals surface area (Å²) in [5.74, 6) is 1.51. The zero-order valence-electron chi connectivity index (χ0n) is 19.3. The van der Waals surface area contributed by atoms with Crippen molar-refractivity contribution in [1.29, 1.82) is 0 Å². The second-order valence-electron chi connectivity index (χ2n) is 8.28. The first-order valence-electron chi connectivity index (χ1n) is 11.9. The standard InChI is InChI=1S/C28H31NOS4/c1-5-13-23(14-6-1)22-30-27(29-24-15-7-2-8-16-24)21-28(33-31-25-17-9-3-10-18-25)34-32-26-19-11-4-12-20-26/h2-4,7-12,15-20,23,28H,1,5-6,13-14,21-22H2/b29-27-. The van der Waals surface area contributed by atoms with E-state index in [9.17, 15) is 0 Å². The van der Waals surface area contributed by atoms with Crippen LogP contribution >= 0.6 is 43.2 Å². The van der Waals surface area contributed by atoms with Gasteiger partial charge >= 0.3 is 0 Å². The number of hydrogen-bond acceptors (Lipinski definition) is 6. The topological polar surface area (TPSA) is 21.6 Å². The number of para-hydroxylation sites is 1. The van der Waals surface area contributed by atoms with Crippen molar-refractivity contribution in [2.24, 2.45) is 10.9 Å². The van der Waals surface area contributed by atoms with Gasteiger partial charge in [0.15, 0.2) is 5.90 Å². The van der Waals surface area contributed by atoms with Crippen LogP contribution in [0.5, 0.6) is 0 Å². The van der Waals surface area contributed by atoms with Crippen LogP contribution in [-0.4, -0.2) is 17.1 Å². The highest BCUT2D eigenvalue weighted by Crippen LogP contribution is 2.47. The molecule has 3 aromatic carbocycles. The van der Waals surface area contributed by atoms with Gasteiger partial charge in [-0.2, -0.15) is 0 Å². The monoisotopic (exact) mass is 525 g/mol. The molecule has 0 bridgehead atoms. The summed E-state index contributed by atoms with van der Waals surface area (Å²) in [5, 5.41) is 0. The van der Waals surface area contributed by atoms with Gasteiger partial charge in [-0.05, 0) is 55.2 Å². The van der Waals surface area contributed by atoms with E-state index in [1.807, 2.05) is 61.4 Å². The number of nitrogens with zero attached hydrogens (tertiary/aromatic N) is 1. The predicted octanol–water partition coefficient (Wildman–Crippen LogP) is 9.91. The molecule has 0 heterocycles. The average molecular weight is 526 g/mol. The Morgan fingerprint density at radius 2 is 1.26 bits per heavy atom. The Balaban J connectivity index is 1.45. The van der Waals surface area contributed by atoms with Crippen molar-refractivity contribution in [3.63, 3.8) is 0 Å². The second-order valence-corrected chi connectivity index (χ2v) is 13.5. The Hall–Kier alpha value is -1.47. The quantitative estimate of drug-likeness (QED) is 0.107. The molecule has 0 spiro atoms. The third-order valence-corrected chi connectivity index (χ3v) is 11.9. The normalized spacial score (nSPS) is 14.9. The molecule has 34 heavy (non-hydrogen) atoms. The highest BCUT2D eigenvalue weighted by Gasteiger charge is 2.20. The minimum atomic E-state index is 0.296. The molecule has 1 fully saturated rings. The van der Waals surface area contributed by atoms with Gasteiger partial charge in [0.05, 0.1) is 16.9 Å². The fourth-order valence-electron chi connectivity index (χ4n) is 3.75. The van der Waals surface area contributed by atoms with Gasteiger partial charge in [0.1, 0.15) is 0 Å². The first-order chi connectivity index (χ1) is 16.8. The van der Waals surface area contributed by atoms with Crippen LogP contribution in [0.15, 0.2) is 106 Å². The molecule has 0 aliphatic heterocycles. The van der Waals surface area contributed by atoms with Gasteiger partial charge in [-0.3, -0.25) is 0 Å². The Morgan fingerprint density at radius 3 is 1.82 bits per heavy atom. The van der Waals surface area contributed by atoms with Crippen LogP contribution in [0.4, 0.5) is 5.69 Å². The molecule has 4 rings (SSSR count). The molecule has 0 atom stereocenters. The number of hydrogen-bond donors (Lipinski definition) is 0. The van der Waals surface area contributed by atoms with Crippen LogP contribution in [-0.2, 0) is 4.74 Å². The van der Waals surface area contributed by atoms with E-state index in [2.05, 4.69) is 72.8 Å². The van der Waals surface area contributed by atoms with Gasteiger partial charge < -0.3 is 4.74 Å². The first-order valence-corrected chi connectivity index (χ1v) is 16.3. The molecule has 0 N–H and O–H groups in total. The van der Waals surface area contributed by atoms with Gasteiger partial charge in [0, 0.05) is 16.2 Å². The molecule has 2 nitrogen and oxygen atoms in total. The molecular formula is C28H31NOS4. The summed E-state index contributed by atoms with van der Waals surface area (Å²) < 4.78 is 6.72. The summed E-state index contributed by atoms with van der Waals surface area (Å²) in [4.78, 5) is 7.48. The summed E-state index contributed by atoms with van der Waals surface area (Å²) >= 11 is 0. The summed E-state index contributed by atoms with van der Waals surface area (Å²) in [6.07, 6.45) is 7.36. The number of rotatable bonds is 11. The molecule has 3 aromatic rings. The highest BCUT2D eigenvalue weighted by atomic mass is 33.1. The maximum atomic E-state index is 6.42. The molecule has 0 saturated heterocycles. The van der Waals surface area contributed by atoms with E-state index in [0.717, 1.165) is 24.6 Å². The summed E-state index contributed by atoms with van der Waals surface area (Å²) in [6.45, 7) is 0.783. The Labute approximate surface area is 219 Å². The van der Waals surface area contributed by atoms with E-state index >= 15 is 0 Å². The second kappa shape index (κ2) is 14.8. The SMILES string of the molecule is c1ccc(/N=C(/CC(SSc2ccccc2)SSc2ccccc2)OCC2CCCCC2)cc1. The Morgan fingerprint density at radius 1 is 0.735 bits per heavy atom. The lowest BCUT2D eigenvalue weighted by Gasteiger charge is -2.23. The first kappa shape index (κ1) is 25.6. The largest absolute Gasteiger partial charge is 0.480 e. The van der Waals surface area contributed by atoms with E-state index < -0.39 is 0 Å². The van der Waals surface area contributed by atoms with E-state index in [-0.39, 0.29) is 0 Å². The Bertz CT molecular complexity index is 936. The van der Waals surface area contributed by atoms with Crippen LogP contribution in [0.3, 0.4) is 0 Å². The number of ether oxygens (including phenoxy) is 1. The van der Waals surface area contributed by atoms with Crippen molar-refractivity contribution in [3.8, 4) is 0 Å². The lowest BCUT2D eigenvalue weighted by molar-refractivity contribution is 0.195. The average Bonchev–Trinajstić information content (AvgIpc) is 2.91. The summed E-state index contributed by atoms with van der Waals surface area (Å²) in [7, 11) is 7.44. The Kier molecular flexibility index (Phi) is 11.2. The molecule has 6 heteroatoms. The van der Waals surface area contributed by atoms with Gasteiger partial charge in [-0.1, -0.05) is 117 Å². The molecule has 0 unspecified atom stereocenters. The van der Waals surface area contributed by atoms with Gasteiger partial charge in [-0.15, -0.1) is 0 Å². The third kappa shape index (κ3) is 9.29. The van der Waals surface area contributed by atoms with Crippen molar-refractivity contribution in [1.82, 2.24) is 0 Å². The third-order valence-electron chi connectivity index (χ3n) is 5.55. The van der Waals surface area contributed by atoms with Crippen LogP contribution in [0.25, 0.3) is 0 Å².